The van der Waals surface area contributed by atoms with Crippen LogP contribution in [0.25, 0.3) is 22.3 Å². The van der Waals surface area contributed by atoms with Crippen molar-refractivity contribution in [3.05, 3.63) is 287 Å². The second-order valence-electron chi connectivity index (χ2n) is 17.3. The molecule has 0 atom stereocenters. The van der Waals surface area contributed by atoms with E-state index in [1.54, 1.807) is 72.8 Å². The quantitative estimate of drug-likeness (QED) is 0.0953. The number of ether oxygens (including phenoxy) is 3. The number of ketones is 3. The van der Waals surface area contributed by atoms with Gasteiger partial charge in [-0.3, -0.25) is 14.4 Å². The van der Waals surface area contributed by atoms with Crippen molar-refractivity contribution in [2.45, 2.75) is 27.7 Å². The van der Waals surface area contributed by atoms with Crippen LogP contribution in [-0.4, -0.2) is 17.3 Å². The van der Waals surface area contributed by atoms with E-state index in [4.69, 9.17) is 14.2 Å². The van der Waals surface area contributed by atoms with Crippen molar-refractivity contribution in [1.82, 2.24) is 0 Å². The van der Waals surface area contributed by atoms with Crippen LogP contribution >= 0.6 is 0 Å². The molecule has 6 heteroatoms. The molecule has 0 saturated heterocycles. The fraction of sp³-hybridized carbons (Fsp3) is 0.0615. The van der Waals surface area contributed by atoms with Gasteiger partial charge in [0.25, 0.3) is 0 Å². The smallest absolute Gasteiger partial charge is 0.193 e. The van der Waals surface area contributed by atoms with Gasteiger partial charge >= 0.3 is 0 Å². The number of benzene rings is 9. The Morgan fingerprint density at radius 2 is 0.437 bits per heavy atom. The Morgan fingerprint density at radius 3 is 0.676 bits per heavy atom. The zero-order valence-electron chi connectivity index (χ0n) is 40.1. The number of aryl methyl sites for hydroxylation is 2. The summed E-state index contributed by atoms with van der Waals surface area (Å²) >= 11 is 0. The molecule has 348 valence electrons. The molecular formula is C65H52O6. The van der Waals surface area contributed by atoms with Crippen LogP contribution in [0.15, 0.2) is 232 Å². The van der Waals surface area contributed by atoms with Gasteiger partial charge in [-0.15, -0.1) is 0 Å². The maximum atomic E-state index is 13.0. The van der Waals surface area contributed by atoms with E-state index >= 15 is 0 Å². The Labute approximate surface area is 415 Å². The summed E-state index contributed by atoms with van der Waals surface area (Å²) < 4.78 is 17.7. The molecule has 0 aliphatic heterocycles. The predicted molar refractivity (Wildman–Crippen MR) is 286 cm³/mol. The SMILES string of the molecule is C=C(C)c1ccc(C(=O)c2ccc(-c3ccc(Oc4ccc(C)cc4)cc3)cc2)cc1.C=C(C)c1ccc(C(=O)c2ccc(Oc3ccc(C(=O)c4ccc(Oc5ccc(C)cc5)cc4)cc3)cc2)cc1. The van der Waals surface area contributed by atoms with E-state index in [0.29, 0.717) is 50.6 Å². The van der Waals surface area contributed by atoms with Crippen molar-refractivity contribution < 1.29 is 28.6 Å². The van der Waals surface area contributed by atoms with Crippen LogP contribution in [0, 0.1) is 13.8 Å². The molecule has 0 heterocycles. The van der Waals surface area contributed by atoms with E-state index in [-0.39, 0.29) is 17.3 Å². The standard InChI is InChI=1S/C36H28O4.C29H24O2/c1-24(2)26-6-8-27(9-7-26)35(37)28-10-20-33(21-11-28)40-34-22-14-30(15-23-34)36(38)29-12-18-32(19-13-29)39-31-16-4-25(3)5-17-31;1-20(2)22-6-10-25(11-7-22)29(30)26-12-8-23(9-13-26)24-14-18-28(19-15-24)31-27-16-4-21(3)5-17-27/h4-23H,1H2,2-3H3;4-19H,1H2,2-3H3. The molecule has 0 fully saturated rings. The minimum atomic E-state index is -0.0902. The third-order valence-corrected chi connectivity index (χ3v) is 11.7. The number of hydrogen-bond acceptors (Lipinski definition) is 6. The van der Waals surface area contributed by atoms with Crippen molar-refractivity contribution in [1.29, 1.82) is 0 Å². The second kappa shape index (κ2) is 22.3. The molecule has 9 aromatic rings. The van der Waals surface area contributed by atoms with Crippen molar-refractivity contribution in [3.63, 3.8) is 0 Å². The van der Waals surface area contributed by atoms with Crippen LogP contribution in [0.3, 0.4) is 0 Å². The minimum absolute atomic E-state index is 0.0154. The van der Waals surface area contributed by atoms with Gasteiger partial charge in [-0.1, -0.05) is 145 Å². The molecule has 0 radical (unpaired) electrons. The molecule has 6 nitrogen and oxygen atoms in total. The highest BCUT2D eigenvalue weighted by atomic mass is 16.5. The van der Waals surface area contributed by atoms with Crippen LogP contribution in [-0.2, 0) is 0 Å². The summed E-state index contributed by atoms with van der Waals surface area (Å²) in [6, 6.07) is 67.5. The Morgan fingerprint density at radius 1 is 0.268 bits per heavy atom. The van der Waals surface area contributed by atoms with E-state index in [2.05, 4.69) is 20.1 Å². The Balaban J connectivity index is 0.000000197. The summed E-state index contributed by atoms with van der Waals surface area (Å²) in [7, 11) is 0. The van der Waals surface area contributed by atoms with Gasteiger partial charge in [-0.25, -0.2) is 0 Å². The summed E-state index contributed by atoms with van der Waals surface area (Å²) in [6.07, 6.45) is 0. The third-order valence-electron chi connectivity index (χ3n) is 11.7. The maximum Gasteiger partial charge on any atom is 0.193 e. The lowest BCUT2D eigenvalue weighted by atomic mass is 9.98. The number of hydrogen-bond donors (Lipinski definition) is 0. The molecule has 0 N–H and O–H groups in total. The van der Waals surface area contributed by atoms with Gasteiger partial charge in [0, 0.05) is 33.4 Å². The van der Waals surface area contributed by atoms with Crippen LogP contribution in [0.5, 0.6) is 34.5 Å². The largest absolute Gasteiger partial charge is 0.457 e. The Kier molecular flexibility index (Phi) is 15.2. The van der Waals surface area contributed by atoms with Gasteiger partial charge in [0.1, 0.15) is 34.5 Å². The van der Waals surface area contributed by atoms with Crippen molar-refractivity contribution in [2.24, 2.45) is 0 Å². The average molecular weight is 929 g/mol. The molecule has 9 rings (SSSR count). The highest BCUT2D eigenvalue weighted by molar-refractivity contribution is 6.10. The predicted octanol–water partition coefficient (Wildman–Crippen LogP) is 16.8. The molecule has 0 unspecified atom stereocenters. The van der Waals surface area contributed by atoms with E-state index in [1.807, 2.05) is 166 Å². The molecule has 0 aliphatic carbocycles. The number of carbonyl (C=O) groups is 3. The average Bonchev–Trinajstić information content (AvgIpc) is 3.40. The van der Waals surface area contributed by atoms with Gasteiger partial charge < -0.3 is 14.2 Å². The van der Waals surface area contributed by atoms with Gasteiger partial charge in [0.15, 0.2) is 17.3 Å². The lowest BCUT2D eigenvalue weighted by Gasteiger charge is -2.09. The van der Waals surface area contributed by atoms with Gasteiger partial charge in [0.2, 0.25) is 0 Å². The first kappa shape index (κ1) is 48.3. The molecular weight excluding hydrogens is 877 g/mol. The molecule has 9 aromatic carbocycles. The number of rotatable bonds is 15. The Bertz CT molecular complexity index is 3300. The maximum absolute atomic E-state index is 13.0. The van der Waals surface area contributed by atoms with Crippen LogP contribution in [0.1, 0.15) is 83.9 Å². The lowest BCUT2D eigenvalue weighted by Crippen LogP contribution is -2.01. The first-order valence-electron chi connectivity index (χ1n) is 23.2. The summed E-state index contributed by atoms with van der Waals surface area (Å²) in [4.78, 5) is 38.6. The highest BCUT2D eigenvalue weighted by Gasteiger charge is 2.13. The lowest BCUT2D eigenvalue weighted by molar-refractivity contribution is 0.103. The normalized spacial score (nSPS) is 10.5. The molecule has 0 aliphatic rings. The highest BCUT2D eigenvalue weighted by Crippen LogP contribution is 2.29. The summed E-state index contributed by atoms with van der Waals surface area (Å²) in [6.45, 7) is 15.8. The van der Waals surface area contributed by atoms with Crippen LogP contribution in [0.2, 0.25) is 0 Å². The van der Waals surface area contributed by atoms with Crippen molar-refractivity contribution in [2.75, 3.05) is 0 Å². The molecule has 0 bridgehead atoms. The summed E-state index contributed by atoms with van der Waals surface area (Å²) in [5.41, 5.74) is 12.1. The summed E-state index contributed by atoms with van der Waals surface area (Å²) in [5, 5.41) is 0. The first-order valence-corrected chi connectivity index (χ1v) is 23.2. The van der Waals surface area contributed by atoms with E-state index in [1.165, 1.54) is 5.56 Å². The van der Waals surface area contributed by atoms with E-state index in [0.717, 1.165) is 56.2 Å². The molecule has 0 amide bonds. The van der Waals surface area contributed by atoms with Gasteiger partial charge in [-0.2, -0.15) is 0 Å². The number of carbonyl (C=O) groups excluding carboxylic acids is 3. The fourth-order valence-electron chi connectivity index (χ4n) is 7.49. The molecule has 71 heavy (non-hydrogen) atoms. The third kappa shape index (κ3) is 12.7. The first-order chi connectivity index (χ1) is 34.3. The minimum Gasteiger partial charge on any atom is -0.457 e. The fourth-order valence-corrected chi connectivity index (χ4v) is 7.49. The zero-order valence-corrected chi connectivity index (χ0v) is 40.1. The van der Waals surface area contributed by atoms with Crippen molar-refractivity contribution in [3.8, 4) is 45.6 Å². The van der Waals surface area contributed by atoms with Gasteiger partial charge in [0.05, 0.1) is 0 Å². The van der Waals surface area contributed by atoms with E-state index < -0.39 is 0 Å². The van der Waals surface area contributed by atoms with Crippen molar-refractivity contribution >= 4 is 28.5 Å². The van der Waals surface area contributed by atoms with Gasteiger partial charge in [-0.05, 0) is 159 Å². The molecule has 0 aromatic heterocycles. The number of allylic oxidation sites excluding steroid dienone is 2. The molecule has 0 spiro atoms. The Hall–Kier alpha value is -9.13. The second-order valence-corrected chi connectivity index (χ2v) is 17.3. The topological polar surface area (TPSA) is 78.9 Å². The van der Waals surface area contributed by atoms with Crippen LogP contribution < -0.4 is 14.2 Å². The van der Waals surface area contributed by atoms with E-state index in [9.17, 15) is 14.4 Å². The molecule has 0 saturated carbocycles. The monoisotopic (exact) mass is 928 g/mol. The zero-order chi connectivity index (χ0) is 49.9. The van der Waals surface area contributed by atoms with Crippen LogP contribution in [0.4, 0.5) is 0 Å². The summed E-state index contributed by atoms with van der Waals surface area (Å²) in [5.74, 6) is 4.07.